The summed E-state index contributed by atoms with van der Waals surface area (Å²) in [7, 11) is 1.99. The molecule has 0 bridgehead atoms. The van der Waals surface area contributed by atoms with Gasteiger partial charge in [-0.1, -0.05) is 42.5 Å². The summed E-state index contributed by atoms with van der Waals surface area (Å²) in [4.78, 5) is 0. The van der Waals surface area contributed by atoms with Gasteiger partial charge >= 0.3 is 0 Å². The van der Waals surface area contributed by atoms with Crippen LogP contribution in [0, 0.1) is 0 Å². The Morgan fingerprint density at radius 3 is 2.33 bits per heavy atom. The van der Waals surface area contributed by atoms with Crippen molar-refractivity contribution in [2.24, 2.45) is 0 Å². The first kappa shape index (κ1) is 15.6. The maximum absolute atomic E-state index is 5.80. The van der Waals surface area contributed by atoms with Crippen LogP contribution in [0.1, 0.15) is 24.5 Å². The van der Waals surface area contributed by atoms with E-state index >= 15 is 0 Å². The summed E-state index contributed by atoms with van der Waals surface area (Å²) in [6.45, 7) is 2.95. The molecule has 2 aromatic rings. The molecule has 2 rings (SSSR count). The van der Waals surface area contributed by atoms with E-state index in [1.165, 1.54) is 11.1 Å². The minimum absolute atomic E-state index is 0.502. The van der Waals surface area contributed by atoms with Crippen LogP contribution in [0.3, 0.4) is 0 Å². The molecule has 1 unspecified atom stereocenters. The number of aryl methyl sites for hydroxylation is 1. The van der Waals surface area contributed by atoms with Gasteiger partial charge in [-0.25, -0.2) is 0 Å². The summed E-state index contributed by atoms with van der Waals surface area (Å²) in [6.07, 6.45) is 3.16. The number of hydrogen-bond acceptors (Lipinski definition) is 2. The molecule has 0 radical (unpaired) electrons. The van der Waals surface area contributed by atoms with Crippen molar-refractivity contribution >= 4 is 0 Å². The van der Waals surface area contributed by atoms with Crippen LogP contribution >= 0.6 is 0 Å². The van der Waals surface area contributed by atoms with Gasteiger partial charge in [-0.05, 0) is 56.5 Å². The van der Waals surface area contributed by atoms with E-state index in [4.69, 9.17) is 4.74 Å². The SMILES string of the molecule is CNC(C)Cc1ccc(OCCCc2ccccc2)cc1. The highest BCUT2D eigenvalue weighted by Crippen LogP contribution is 2.14. The first-order valence-corrected chi connectivity index (χ1v) is 7.71. The van der Waals surface area contributed by atoms with E-state index in [-0.39, 0.29) is 0 Å². The highest BCUT2D eigenvalue weighted by Gasteiger charge is 2.01. The maximum Gasteiger partial charge on any atom is 0.119 e. The Balaban J connectivity index is 1.71. The highest BCUT2D eigenvalue weighted by molar-refractivity contribution is 5.27. The summed E-state index contributed by atoms with van der Waals surface area (Å²) in [6, 6.07) is 19.5. The Morgan fingerprint density at radius 2 is 1.67 bits per heavy atom. The third-order valence-electron chi connectivity index (χ3n) is 3.68. The third-order valence-corrected chi connectivity index (χ3v) is 3.68. The molecule has 0 aliphatic carbocycles. The fraction of sp³-hybridized carbons (Fsp3) is 0.368. The average molecular weight is 283 g/mol. The average Bonchev–Trinajstić information content (AvgIpc) is 2.54. The van der Waals surface area contributed by atoms with Crippen molar-refractivity contribution in [1.29, 1.82) is 0 Å². The lowest BCUT2D eigenvalue weighted by molar-refractivity contribution is 0.311. The van der Waals surface area contributed by atoms with Gasteiger partial charge in [0.1, 0.15) is 5.75 Å². The van der Waals surface area contributed by atoms with Gasteiger partial charge < -0.3 is 10.1 Å². The summed E-state index contributed by atoms with van der Waals surface area (Å²) in [5.74, 6) is 0.962. The number of hydrogen-bond donors (Lipinski definition) is 1. The maximum atomic E-state index is 5.80. The van der Waals surface area contributed by atoms with Gasteiger partial charge in [-0.15, -0.1) is 0 Å². The molecule has 0 aromatic heterocycles. The number of rotatable bonds is 8. The van der Waals surface area contributed by atoms with Crippen LogP contribution in [0.5, 0.6) is 5.75 Å². The molecule has 0 saturated carbocycles. The van der Waals surface area contributed by atoms with E-state index in [0.717, 1.165) is 31.6 Å². The molecule has 0 amide bonds. The van der Waals surface area contributed by atoms with E-state index in [1.807, 2.05) is 7.05 Å². The zero-order valence-corrected chi connectivity index (χ0v) is 13.0. The van der Waals surface area contributed by atoms with Crippen LogP contribution < -0.4 is 10.1 Å². The summed E-state index contributed by atoms with van der Waals surface area (Å²) in [5.41, 5.74) is 2.71. The van der Waals surface area contributed by atoms with Crippen molar-refractivity contribution in [2.75, 3.05) is 13.7 Å². The van der Waals surface area contributed by atoms with Crippen molar-refractivity contribution in [1.82, 2.24) is 5.32 Å². The first-order valence-electron chi connectivity index (χ1n) is 7.71. The van der Waals surface area contributed by atoms with E-state index in [2.05, 4.69) is 66.8 Å². The molecule has 0 aliphatic heterocycles. The molecule has 0 aliphatic rings. The van der Waals surface area contributed by atoms with Gasteiger partial charge in [0, 0.05) is 6.04 Å². The van der Waals surface area contributed by atoms with Gasteiger partial charge in [0.15, 0.2) is 0 Å². The highest BCUT2D eigenvalue weighted by atomic mass is 16.5. The van der Waals surface area contributed by atoms with Crippen molar-refractivity contribution in [3.8, 4) is 5.75 Å². The van der Waals surface area contributed by atoms with Crippen LogP contribution in [0.15, 0.2) is 54.6 Å². The summed E-state index contributed by atoms with van der Waals surface area (Å²) >= 11 is 0. The van der Waals surface area contributed by atoms with Crippen LogP contribution in [0.4, 0.5) is 0 Å². The lowest BCUT2D eigenvalue weighted by atomic mass is 10.1. The number of ether oxygens (including phenoxy) is 1. The number of likely N-dealkylation sites (N-methyl/N-ethyl adjacent to an activating group) is 1. The van der Waals surface area contributed by atoms with E-state index in [1.54, 1.807) is 0 Å². The minimum atomic E-state index is 0.502. The predicted octanol–water partition coefficient (Wildman–Crippen LogP) is 3.85. The molecule has 1 N–H and O–H groups in total. The fourth-order valence-electron chi connectivity index (χ4n) is 2.29. The van der Waals surface area contributed by atoms with E-state index < -0.39 is 0 Å². The van der Waals surface area contributed by atoms with Crippen molar-refractivity contribution < 1.29 is 4.74 Å². The van der Waals surface area contributed by atoms with Crippen LogP contribution in [0.2, 0.25) is 0 Å². The van der Waals surface area contributed by atoms with Crippen molar-refractivity contribution in [3.05, 3.63) is 65.7 Å². The van der Waals surface area contributed by atoms with Crippen molar-refractivity contribution in [3.63, 3.8) is 0 Å². The molecule has 2 heteroatoms. The van der Waals surface area contributed by atoms with Gasteiger partial charge in [0.25, 0.3) is 0 Å². The molecule has 21 heavy (non-hydrogen) atoms. The Bertz CT molecular complexity index is 507. The fourth-order valence-corrected chi connectivity index (χ4v) is 2.29. The molecule has 0 spiro atoms. The Kier molecular flexibility index (Phi) is 6.29. The molecule has 0 heterocycles. The smallest absolute Gasteiger partial charge is 0.119 e. The Morgan fingerprint density at radius 1 is 0.952 bits per heavy atom. The number of benzene rings is 2. The van der Waals surface area contributed by atoms with Crippen LogP contribution in [-0.4, -0.2) is 19.7 Å². The van der Waals surface area contributed by atoms with Crippen molar-refractivity contribution in [2.45, 2.75) is 32.2 Å². The zero-order valence-electron chi connectivity index (χ0n) is 13.0. The monoisotopic (exact) mass is 283 g/mol. The van der Waals surface area contributed by atoms with E-state index in [0.29, 0.717) is 6.04 Å². The second kappa shape index (κ2) is 8.48. The molecule has 0 fully saturated rings. The first-order chi connectivity index (χ1) is 10.3. The van der Waals surface area contributed by atoms with Crippen LogP contribution in [-0.2, 0) is 12.8 Å². The lowest BCUT2D eigenvalue weighted by Crippen LogP contribution is -2.23. The number of nitrogens with one attached hydrogen (secondary N) is 1. The third kappa shape index (κ3) is 5.60. The van der Waals surface area contributed by atoms with Gasteiger partial charge in [-0.2, -0.15) is 0 Å². The Hall–Kier alpha value is -1.80. The molecule has 2 nitrogen and oxygen atoms in total. The van der Waals surface area contributed by atoms with Gasteiger partial charge in [0.05, 0.1) is 6.61 Å². The van der Waals surface area contributed by atoms with E-state index in [9.17, 15) is 0 Å². The molecule has 112 valence electrons. The Labute approximate surface area is 128 Å². The molecular formula is C19H25NO. The lowest BCUT2D eigenvalue weighted by Gasteiger charge is -2.11. The summed E-state index contributed by atoms with van der Waals surface area (Å²) in [5, 5.41) is 3.25. The molecule has 2 aromatic carbocycles. The normalized spacial score (nSPS) is 12.1. The largest absolute Gasteiger partial charge is 0.494 e. The van der Waals surface area contributed by atoms with Gasteiger partial charge in [-0.3, -0.25) is 0 Å². The zero-order chi connectivity index (χ0) is 14.9. The summed E-state index contributed by atoms with van der Waals surface area (Å²) < 4.78 is 5.80. The second-order valence-corrected chi connectivity index (χ2v) is 5.48. The standard InChI is InChI=1S/C19H25NO/c1-16(20-2)15-18-10-12-19(13-11-18)21-14-6-9-17-7-4-3-5-8-17/h3-5,7-8,10-13,16,20H,6,9,14-15H2,1-2H3. The minimum Gasteiger partial charge on any atom is -0.494 e. The topological polar surface area (TPSA) is 21.3 Å². The van der Waals surface area contributed by atoms with Crippen LogP contribution in [0.25, 0.3) is 0 Å². The van der Waals surface area contributed by atoms with Gasteiger partial charge in [0.2, 0.25) is 0 Å². The molecule has 1 atom stereocenters. The molecular weight excluding hydrogens is 258 g/mol. The second-order valence-electron chi connectivity index (χ2n) is 5.48. The quantitative estimate of drug-likeness (QED) is 0.743. The molecule has 0 saturated heterocycles. The predicted molar refractivity (Wildman–Crippen MR) is 88.9 cm³/mol.